The molecule has 4 N–H and O–H groups in total. The predicted octanol–water partition coefficient (Wildman–Crippen LogP) is 0.737. The van der Waals surface area contributed by atoms with Crippen LogP contribution in [0.3, 0.4) is 0 Å². The summed E-state index contributed by atoms with van der Waals surface area (Å²) in [6.07, 6.45) is 2.64. The van der Waals surface area contributed by atoms with Gasteiger partial charge in [0.15, 0.2) is 0 Å². The second kappa shape index (κ2) is 9.24. The van der Waals surface area contributed by atoms with Gasteiger partial charge in [0.25, 0.3) is 0 Å². The molecule has 1 saturated carbocycles. The second-order valence-corrected chi connectivity index (χ2v) is 9.53. The number of carbonyl (C=O) groups excluding carboxylic acids is 1. The number of nitrogens with zero attached hydrogens (tertiary/aromatic N) is 4. The third-order valence-corrected chi connectivity index (χ3v) is 7.48. The fourth-order valence-electron chi connectivity index (χ4n) is 5.38. The van der Waals surface area contributed by atoms with Crippen LogP contribution in [0, 0.1) is 17.8 Å². The van der Waals surface area contributed by atoms with Crippen LogP contribution in [-0.4, -0.2) is 77.2 Å². The number of piperazine rings is 1. The van der Waals surface area contributed by atoms with Crippen LogP contribution in [0.1, 0.15) is 12.5 Å². The number of hydrogen-bond acceptors (Lipinski definition) is 6. The Labute approximate surface area is 194 Å². The first-order valence-corrected chi connectivity index (χ1v) is 11.9. The minimum absolute atomic E-state index is 0.228. The van der Waals surface area contributed by atoms with Crippen LogP contribution in [0.4, 0.5) is 10.6 Å². The van der Waals surface area contributed by atoms with Gasteiger partial charge < -0.3 is 16.0 Å². The summed E-state index contributed by atoms with van der Waals surface area (Å²) in [5.41, 5.74) is 7.43. The maximum atomic E-state index is 12.6. The first-order valence-electron chi connectivity index (χ1n) is 11.9. The van der Waals surface area contributed by atoms with Gasteiger partial charge in [-0.2, -0.15) is 4.98 Å². The molecule has 2 aromatic rings. The number of likely N-dealkylation sites (tertiary alicyclic amines) is 1. The first-order chi connectivity index (χ1) is 16.0. The van der Waals surface area contributed by atoms with E-state index in [9.17, 15) is 9.59 Å². The van der Waals surface area contributed by atoms with Gasteiger partial charge in [-0.3, -0.25) is 14.8 Å². The number of rotatable bonds is 6. The van der Waals surface area contributed by atoms with Gasteiger partial charge >= 0.3 is 11.7 Å². The lowest BCUT2D eigenvalue weighted by molar-refractivity contribution is 0.204. The summed E-state index contributed by atoms with van der Waals surface area (Å²) in [7, 11) is 0. The number of aromatic nitrogens is 2. The smallest absolute Gasteiger partial charge is 0.330 e. The number of hydrogen-bond donors (Lipinski definition) is 3. The molecule has 0 bridgehead atoms. The molecule has 2 saturated heterocycles. The molecule has 4 atom stereocenters. The zero-order valence-electron chi connectivity index (χ0n) is 19.1. The van der Waals surface area contributed by atoms with Gasteiger partial charge in [-0.15, -0.1) is 0 Å². The Bertz CT molecular complexity index is 1040. The molecule has 3 heterocycles. The van der Waals surface area contributed by atoms with Crippen molar-refractivity contribution in [3.63, 3.8) is 0 Å². The van der Waals surface area contributed by atoms with Crippen molar-refractivity contribution in [3.8, 4) is 5.69 Å². The van der Waals surface area contributed by atoms with E-state index in [0.717, 1.165) is 49.5 Å². The topological polar surface area (TPSA) is 109 Å². The van der Waals surface area contributed by atoms with Gasteiger partial charge in [0.05, 0.1) is 5.69 Å². The molecule has 2 amide bonds. The Hall–Kier alpha value is -2.75. The Kier molecular flexibility index (Phi) is 6.18. The Morgan fingerprint density at radius 2 is 1.88 bits per heavy atom. The molecule has 1 aromatic heterocycles. The molecule has 9 nitrogen and oxygen atoms in total. The minimum Gasteiger partial charge on any atom is -0.330 e. The number of fused-ring (bicyclic) bond motifs is 1. The van der Waals surface area contributed by atoms with Gasteiger partial charge in [-0.1, -0.05) is 12.1 Å². The zero-order valence-corrected chi connectivity index (χ0v) is 19.1. The fourth-order valence-corrected chi connectivity index (χ4v) is 5.38. The van der Waals surface area contributed by atoms with Crippen LogP contribution in [0.2, 0.25) is 0 Å². The SMILES string of the molecule is C[C@H](Cc1ccc(-n2ccc(NC(=O)N3CCNCC3)nc2=O)cc1)N1C[C@@H]2C(CN)[C@@H]2C1. The lowest BCUT2D eigenvalue weighted by Gasteiger charge is -2.27. The zero-order chi connectivity index (χ0) is 22.9. The highest BCUT2D eigenvalue weighted by Gasteiger charge is 2.54. The van der Waals surface area contributed by atoms with Crippen molar-refractivity contribution in [2.24, 2.45) is 23.5 Å². The fraction of sp³-hybridized carbons (Fsp3) is 0.542. The average molecular weight is 452 g/mol. The Balaban J connectivity index is 1.18. The number of anilines is 1. The molecule has 1 unspecified atom stereocenters. The van der Waals surface area contributed by atoms with E-state index in [-0.39, 0.29) is 11.8 Å². The maximum absolute atomic E-state index is 12.6. The molecule has 33 heavy (non-hydrogen) atoms. The summed E-state index contributed by atoms with van der Waals surface area (Å²) in [4.78, 5) is 33.3. The Morgan fingerprint density at radius 3 is 2.52 bits per heavy atom. The average Bonchev–Trinajstić information content (AvgIpc) is 3.30. The Morgan fingerprint density at radius 1 is 1.18 bits per heavy atom. The van der Waals surface area contributed by atoms with E-state index < -0.39 is 5.69 Å². The third-order valence-electron chi connectivity index (χ3n) is 7.48. The lowest BCUT2D eigenvalue weighted by atomic mass is 10.0. The number of carbonyl (C=O) groups is 1. The van der Waals surface area contributed by atoms with Gasteiger partial charge in [0, 0.05) is 51.5 Å². The van der Waals surface area contributed by atoms with E-state index in [1.165, 1.54) is 23.2 Å². The summed E-state index contributed by atoms with van der Waals surface area (Å²) in [6.45, 7) is 8.28. The number of nitrogens with two attached hydrogens (primary N) is 1. The molecule has 0 spiro atoms. The van der Waals surface area contributed by atoms with E-state index >= 15 is 0 Å². The largest absolute Gasteiger partial charge is 0.354 e. The molecular weight excluding hydrogens is 418 g/mol. The molecule has 1 aliphatic carbocycles. The molecule has 3 fully saturated rings. The van der Waals surface area contributed by atoms with Gasteiger partial charge in [-0.25, -0.2) is 9.59 Å². The van der Waals surface area contributed by atoms with Gasteiger partial charge in [0.1, 0.15) is 5.82 Å². The molecule has 2 aliphatic heterocycles. The van der Waals surface area contributed by atoms with Crippen molar-refractivity contribution >= 4 is 11.8 Å². The molecular formula is C24H33N7O2. The molecule has 0 radical (unpaired) electrons. The predicted molar refractivity (Wildman–Crippen MR) is 128 cm³/mol. The number of urea groups is 1. The van der Waals surface area contributed by atoms with E-state index in [1.807, 2.05) is 12.1 Å². The van der Waals surface area contributed by atoms with Crippen molar-refractivity contribution in [2.45, 2.75) is 19.4 Å². The minimum atomic E-state index is -0.417. The number of nitrogens with one attached hydrogen (secondary N) is 2. The van der Waals surface area contributed by atoms with Gasteiger partial charge in [-0.05, 0) is 61.4 Å². The monoisotopic (exact) mass is 451 g/mol. The molecule has 1 aromatic carbocycles. The summed E-state index contributed by atoms with van der Waals surface area (Å²) in [6, 6.07) is 9.99. The summed E-state index contributed by atoms with van der Waals surface area (Å²) in [5, 5.41) is 5.93. The van der Waals surface area contributed by atoms with Crippen molar-refractivity contribution in [3.05, 3.63) is 52.6 Å². The number of benzene rings is 1. The standard InChI is InChI=1S/C24H33N7O2/c1-16(30-14-20-19(13-25)21(20)15-30)12-17-2-4-18(5-3-17)31-9-6-22(28-24(31)33)27-23(32)29-10-7-26-8-11-29/h2-6,9,16,19-21,26H,7-8,10-15,25H2,1H3,(H,27,28,32,33)/t16-,19?,20-,21+/m1/s1. The number of amides is 2. The lowest BCUT2D eigenvalue weighted by Crippen LogP contribution is -2.48. The summed E-state index contributed by atoms with van der Waals surface area (Å²) >= 11 is 0. The van der Waals surface area contributed by atoms with Crippen LogP contribution in [0.15, 0.2) is 41.3 Å². The highest BCUT2D eigenvalue weighted by molar-refractivity contribution is 5.88. The van der Waals surface area contributed by atoms with Crippen LogP contribution in [-0.2, 0) is 6.42 Å². The van der Waals surface area contributed by atoms with Crippen molar-refractivity contribution in [1.29, 1.82) is 0 Å². The van der Waals surface area contributed by atoms with Crippen LogP contribution < -0.4 is 22.1 Å². The highest BCUT2D eigenvalue weighted by Crippen LogP contribution is 2.51. The van der Waals surface area contributed by atoms with Crippen LogP contribution in [0.25, 0.3) is 5.69 Å². The summed E-state index contributed by atoms with van der Waals surface area (Å²) in [5.74, 6) is 2.64. The maximum Gasteiger partial charge on any atom is 0.354 e. The van der Waals surface area contributed by atoms with E-state index in [2.05, 4.69) is 39.6 Å². The first kappa shape index (κ1) is 22.1. The van der Waals surface area contributed by atoms with E-state index in [0.29, 0.717) is 19.1 Å². The van der Waals surface area contributed by atoms with Crippen molar-refractivity contribution in [2.75, 3.05) is 51.1 Å². The second-order valence-electron chi connectivity index (χ2n) is 9.53. The van der Waals surface area contributed by atoms with E-state index in [4.69, 9.17) is 5.73 Å². The van der Waals surface area contributed by atoms with E-state index in [1.54, 1.807) is 17.2 Å². The van der Waals surface area contributed by atoms with Gasteiger partial charge in [0.2, 0.25) is 0 Å². The third kappa shape index (κ3) is 4.66. The van der Waals surface area contributed by atoms with Crippen molar-refractivity contribution in [1.82, 2.24) is 24.7 Å². The van der Waals surface area contributed by atoms with Crippen molar-refractivity contribution < 1.29 is 4.79 Å². The quantitative estimate of drug-likeness (QED) is 0.598. The normalized spacial score (nSPS) is 25.5. The van der Waals surface area contributed by atoms with Crippen LogP contribution in [0.5, 0.6) is 0 Å². The molecule has 176 valence electrons. The molecule has 3 aliphatic rings. The highest BCUT2D eigenvalue weighted by atomic mass is 16.2. The molecule has 5 rings (SSSR count). The van der Waals surface area contributed by atoms with Crippen LogP contribution >= 0.6 is 0 Å². The molecule has 9 heteroatoms. The summed E-state index contributed by atoms with van der Waals surface area (Å²) < 4.78 is 1.49. The number of piperidine rings is 1.